The van der Waals surface area contributed by atoms with Crippen LogP contribution in [-0.4, -0.2) is 20.5 Å². The van der Waals surface area contributed by atoms with E-state index in [1.54, 1.807) is 18.5 Å². The third kappa shape index (κ3) is 4.05. The second kappa shape index (κ2) is 5.49. The first-order valence-electron chi connectivity index (χ1n) is 4.58. The molecule has 0 saturated carbocycles. The number of halogens is 2. The molecule has 0 bridgehead atoms. The Morgan fingerprint density at radius 1 is 1.56 bits per heavy atom. The standard InChI is InChI=1S/C10H12BrClN2OS/c1-10(2,3)16(15)14-5-7-4-9(12)13-6-8(7)11/h4-6H,1-3H3/b14-5+/t16-/m0/s1. The van der Waals surface area contributed by atoms with Crippen LogP contribution in [0, 0.1) is 0 Å². The number of hydrogen-bond acceptors (Lipinski definition) is 3. The molecule has 0 unspecified atom stereocenters. The van der Waals surface area contributed by atoms with Gasteiger partial charge in [-0.25, -0.2) is 4.98 Å². The molecule has 0 aliphatic rings. The minimum Gasteiger partial charge on any atom is -0.591 e. The average molecular weight is 324 g/mol. The molecule has 0 aromatic carbocycles. The van der Waals surface area contributed by atoms with Gasteiger partial charge in [-0.05, 0) is 42.8 Å². The van der Waals surface area contributed by atoms with Gasteiger partial charge in [-0.15, -0.1) is 0 Å². The molecule has 16 heavy (non-hydrogen) atoms. The van der Waals surface area contributed by atoms with E-state index in [1.807, 2.05) is 20.8 Å². The summed E-state index contributed by atoms with van der Waals surface area (Å²) in [6.07, 6.45) is 3.13. The second-order valence-corrected chi connectivity index (χ2v) is 7.30. The monoisotopic (exact) mass is 322 g/mol. The zero-order chi connectivity index (χ0) is 12.3. The first-order valence-corrected chi connectivity index (χ1v) is 6.85. The van der Waals surface area contributed by atoms with Gasteiger partial charge in [-0.3, -0.25) is 0 Å². The predicted molar refractivity (Wildman–Crippen MR) is 72.4 cm³/mol. The average Bonchev–Trinajstić information content (AvgIpc) is 2.17. The van der Waals surface area contributed by atoms with Crippen molar-refractivity contribution in [2.24, 2.45) is 4.40 Å². The Morgan fingerprint density at radius 2 is 2.19 bits per heavy atom. The molecule has 1 heterocycles. The highest BCUT2D eigenvalue weighted by Crippen LogP contribution is 2.20. The Balaban J connectivity index is 2.88. The van der Waals surface area contributed by atoms with Crippen molar-refractivity contribution >= 4 is 45.1 Å². The van der Waals surface area contributed by atoms with E-state index in [2.05, 4.69) is 25.3 Å². The maximum Gasteiger partial charge on any atom is 0.144 e. The van der Waals surface area contributed by atoms with Gasteiger partial charge in [0.2, 0.25) is 0 Å². The lowest BCUT2D eigenvalue weighted by atomic mass is 10.3. The fraction of sp³-hybridized carbons (Fsp3) is 0.400. The molecule has 1 atom stereocenters. The summed E-state index contributed by atoms with van der Waals surface area (Å²) in [6, 6.07) is 1.66. The molecule has 88 valence electrons. The predicted octanol–water partition coefficient (Wildman–Crippen LogP) is 3.38. The Hall–Kier alpha value is -0.100. The zero-order valence-corrected chi connectivity index (χ0v) is 12.4. The minimum atomic E-state index is -1.27. The van der Waals surface area contributed by atoms with Crippen LogP contribution >= 0.6 is 27.5 Å². The fourth-order valence-electron chi connectivity index (χ4n) is 0.789. The molecule has 0 N–H and O–H groups in total. The topological polar surface area (TPSA) is 48.3 Å². The van der Waals surface area contributed by atoms with Crippen LogP contribution in [0.3, 0.4) is 0 Å². The van der Waals surface area contributed by atoms with Crippen molar-refractivity contribution in [2.75, 3.05) is 0 Å². The summed E-state index contributed by atoms with van der Waals surface area (Å²) >= 11 is 7.80. The molecular formula is C10H12BrClN2OS. The van der Waals surface area contributed by atoms with E-state index >= 15 is 0 Å². The van der Waals surface area contributed by atoms with Crippen LogP contribution < -0.4 is 0 Å². The van der Waals surface area contributed by atoms with Crippen LogP contribution in [0.25, 0.3) is 0 Å². The first kappa shape index (κ1) is 14.0. The van der Waals surface area contributed by atoms with Crippen molar-refractivity contribution in [1.29, 1.82) is 0 Å². The number of pyridine rings is 1. The van der Waals surface area contributed by atoms with Crippen molar-refractivity contribution in [2.45, 2.75) is 25.5 Å². The van der Waals surface area contributed by atoms with Gasteiger partial charge in [-0.1, -0.05) is 16.0 Å². The van der Waals surface area contributed by atoms with Gasteiger partial charge in [0.05, 0.1) is 6.21 Å². The molecule has 6 heteroatoms. The van der Waals surface area contributed by atoms with Crippen LogP contribution in [0.1, 0.15) is 26.3 Å². The first-order chi connectivity index (χ1) is 7.30. The van der Waals surface area contributed by atoms with Gasteiger partial charge in [0.25, 0.3) is 0 Å². The number of rotatable bonds is 2. The molecule has 0 saturated heterocycles. The van der Waals surface area contributed by atoms with E-state index in [4.69, 9.17) is 11.6 Å². The van der Waals surface area contributed by atoms with Crippen molar-refractivity contribution in [3.8, 4) is 0 Å². The molecule has 0 aliphatic heterocycles. The quantitative estimate of drug-likeness (QED) is 0.476. The van der Waals surface area contributed by atoms with Crippen molar-refractivity contribution < 1.29 is 4.55 Å². The highest BCUT2D eigenvalue weighted by atomic mass is 79.9. The van der Waals surface area contributed by atoms with E-state index in [-0.39, 0.29) is 4.75 Å². The van der Waals surface area contributed by atoms with E-state index in [9.17, 15) is 4.55 Å². The third-order valence-electron chi connectivity index (χ3n) is 1.66. The molecular weight excluding hydrogens is 312 g/mol. The molecule has 0 amide bonds. The SMILES string of the molecule is CC(C)(C)[S@+]([O-])/N=C/c1cc(Cl)ncc1Br. The molecule has 0 spiro atoms. The normalized spacial score (nSPS) is 14.4. The summed E-state index contributed by atoms with van der Waals surface area (Å²) in [4.78, 5) is 3.90. The van der Waals surface area contributed by atoms with Crippen LogP contribution in [0.2, 0.25) is 5.15 Å². The third-order valence-corrected chi connectivity index (χ3v) is 3.88. The van der Waals surface area contributed by atoms with E-state index < -0.39 is 11.4 Å². The summed E-state index contributed by atoms with van der Waals surface area (Å²) in [7, 11) is 0. The Morgan fingerprint density at radius 3 is 2.75 bits per heavy atom. The maximum absolute atomic E-state index is 11.7. The van der Waals surface area contributed by atoms with E-state index in [0.717, 1.165) is 10.0 Å². The van der Waals surface area contributed by atoms with Crippen molar-refractivity contribution in [1.82, 2.24) is 4.98 Å². The summed E-state index contributed by atoms with van der Waals surface area (Å²) in [5, 5.41) is 0.381. The number of nitrogens with zero attached hydrogens (tertiary/aromatic N) is 2. The molecule has 3 nitrogen and oxygen atoms in total. The highest BCUT2D eigenvalue weighted by Gasteiger charge is 2.25. The summed E-state index contributed by atoms with van der Waals surface area (Å²) in [6.45, 7) is 5.61. The maximum atomic E-state index is 11.7. The van der Waals surface area contributed by atoms with Gasteiger partial charge < -0.3 is 4.55 Å². The minimum absolute atomic E-state index is 0.361. The van der Waals surface area contributed by atoms with Crippen LogP contribution in [0.4, 0.5) is 0 Å². The Labute approximate surface area is 112 Å². The summed E-state index contributed by atoms with van der Waals surface area (Å²) < 4.78 is 16.1. The molecule has 1 rings (SSSR count). The number of aromatic nitrogens is 1. The Kier molecular flexibility index (Phi) is 4.79. The second-order valence-electron chi connectivity index (χ2n) is 4.12. The fourth-order valence-corrected chi connectivity index (χ4v) is 1.80. The lowest BCUT2D eigenvalue weighted by molar-refractivity contribution is 0.562. The zero-order valence-electron chi connectivity index (χ0n) is 9.20. The van der Waals surface area contributed by atoms with Crippen molar-refractivity contribution in [3.05, 3.63) is 27.5 Å². The largest absolute Gasteiger partial charge is 0.591 e. The van der Waals surface area contributed by atoms with E-state index in [1.165, 1.54) is 0 Å². The van der Waals surface area contributed by atoms with Crippen LogP contribution in [0.15, 0.2) is 21.1 Å². The van der Waals surface area contributed by atoms with Gasteiger partial charge in [0.15, 0.2) is 0 Å². The lowest BCUT2D eigenvalue weighted by Gasteiger charge is -2.17. The smallest absolute Gasteiger partial charge is 0.144 e. The van der Waals surface area contributed by atoms with Gasteiger partial charge in [-0.2, -0.15) is 0 Å². The van der Waals surface area contributed by atoms with Gasteiger partial charge >= 0.3 is 0 Å². The molecule has 1 aromatic heterocycles. The van der Waals surface area contributed by atoms with Crippen LogP contribution in [-0.2, 0) is 11.4 Å². The van der Waals surface area contributed by atoms with Gasteiger partial charge in [0, 0.05) is 16.2 Å². The van der Waals surface area contributed by atoms with E-state index in [0.29, 0.717) is 5.15 Å². The van der Waals surface area contributed by atoms with Crippen molar-refractivity contribution in [3.63, 3.8) is 0 Å². The Bertz CT molecular complexity index is 406. The molecule has 0 fully saturated rings. The summed E-state index contributed by atoms with van der Waals surface area (Å²) in [5.74, 6) is 0. The molecule has 0 radical (unpaired) electrons. The molecule has 0 aliphatic carbocycles. The number of hydrogen-bond donors (Lipinski definition) is 0. The highest BCUT2D eigenvalue weighted by molar-refractivity contribution is 9.10. The molecule has 1 aromatic rings. The summed E-state index contributed by atoms with van der Waals surface area (Å²) in [5.41, 5.74) is 0.762. The lowest BCUT2D eigenvalue weighted by Crippen LogP contribution is -2.25. The van der Waals surface area contributed by atoms with Gasteiger partial charge in [0.1, 0.15) is 21.3 Å². The van der Waals surface area contributed by atoms with Crippen LogP contribution in [0.5, 0.6) is 0 Å².